The Morgan fingerprint density at radius 1 is 1.00 bits per heavy atom. The summed E-state index contributed by atoms with van der Waals surface area (Å²) in [4.78, 5) is 7.10. The van der Waals surface area contributed by atoms with Gasteiger partial charge in [0.05, 0.1) is 28.1 Å². The molecule has 2 heterocycles. The van der Waals surface area contributed by atoms with Crippen LogP contribution in [0.1, 0.15) is 28.4 Å². The third-order valence-electron chi connectivity index (χ3n) is 5.18. The third kappa shape index (κ3) is 3.17. The van der Waals surface area contributed by atoms with E-state index in [1.54, 1.807) is 11.3 Å². The van der Waals surface area contributed by atoms with Crippen molar-refractivity contribution in [2.45, 2.75) is 32.4 Å². The van der Waals surface area contributed by atoms with Gasteiger partial charge in [-0.2, -0.15) is 5.10 Å². The summed E-state index contributed by atoms with van der Waals surface area (Å²) in [5.74, 6) is 0. The van der Waals surface area contributed by atoms with Gasteiger partial charge in [0.25, 0.3) is 0 Å². The molecule has 5 rings (SSSR count). The number of thiazole rings is 1. The largest absolute Gasteiger partial charge is 0.294 e. The zero-order chi connectivity index (χ0) is 18.2. The number of fused-ring (bicyclic) bond motifs is 2. The van der Waals surface area contributed by atoms with Gasteiger partial charge >= 0.3 is 0 Å². The first-order chi connectivity index (χ1) is 13.3. The molecule has 0 amide bonds. The van der Waals surface area contributed by atoms with E-state index in [0.717, 1.165) is 42.1 Å². The first-order valence-corrected chi connectivity index (χ1v) is 10.3. The first-order valence-electron chi connectivity index (χ1n) is 9.46. The van der Waals surface area contributed by atoms with Crippen molar-refractivity contribution in [1.82, 2.24) is 19.7 Å². The van der Waals surface area contributed by atoms with Crippen LogP contribution >= 0.6 is 11.3 Å². The molecule has 0 N–H and O–H groups in total. The second-order valence-corrected chi connectivity index (χ2v) is 8.34. The Morgan fingerprint density at radius 2 is 1.81 bits per heavy atom. The molecule has 0 unspecified atom stereocenters. The smallest absolute Gasteiger partial charge is 0.108 e. The lowest BCUT2D eigenvalue weighted by Gasteiger charge is -2.14. The quantitative estimate of drug-likeness (QED) is 0.512. The molecule has 4 nitrogen and oxygen atoms in total. The summed E-state index contributed by atoms with van der Waals surface area (Å²) in [6.45, 7) is 1.71. The molecule has 0 saturated carbocycles. The molecular formula is C22H22N4S. The minimum atomic E-state index is 0.853. The molecule has 4 aromatic rings. The van der Waals surface area contributed by atoms with Crippen LogP contribution in [0, 0.1) is 0 Å². The molecule has 2 aromatic carbocycles. The van der Waals surface area contributed by atoms with Crippen LogP contribution in [-0.4, -0.2) is 26.7 Å². The maximum absolute atomic E-state index is 4.98. The average Bonchev–Trinajstić information content (AvgIpc) is 3.38. The van der Waals surface area contributed by atoms with Crippen molar-refractivity contribution in [3.8, 4) is 5.69 Å². The molecule has 0 bridgehead atoms. The van der Waals surface area contributed by atoms with Gasteiger partial charge in [0.1, 0.15) is 5.01 Å². The fourth-order valence-electron chi connectivity index (χ4n) is 3.95. The van der Waals surface area contributed by atoms with Crippen molar-refractivity contribution in [2.75, 3.05) is 7.05 Å². The van der Waals surface area contributed by atoms with E-state index >= 15 is 0 Å². The van der Waals surface area contributed by atoms with Gasteiger partial charge in [-0.1, -0.05) is 30.3 Å². The SMILES string of the molecule is CN(Cc1nc2ccccc2s1)Cc1nn(-c2ccccc2)c2c1CCC2. The van der Waals surface area contributed by atoms with Crippen LogP contribution in [0.2, 0.25) is 0 Å². The Kier molecular flexibility index (Phi) is 4.26. The van der Waals surface area contributed by atoms with E-state index in [9.17, 15) is 0 Å². The van der Waals surface area contributed by atoms with Crippen LogP contribution in [0.25, 0.3) is 15.9 Å². The van der Waals surface area contributed by atoms with E-state index in [1.807, 2.05) is 0 Å². The molecule has 136 valence electrons. The second-order valence-electron chi connectivity index (χ2n) is 7.22. The lowest BCUT2D eigenvalue weighted by atomic mass is 10.2. The van der Waals surface area contributed by atoms with Gasteiger partial charge in [-0.25, -0.2) is 9.67 Å². The van der Waals surface area contributed by atoms with Crippen molar-refractivity contribution < 1.29 is 0 Å². The highest BCUT2D eigenvalue weighted by molar-refractivity contribution is 7.18. The van der Waals surface area contributed by atoms with Gasteiger partial charge in [0.15, 0.2) is 0 Å². The Hall–Kier alpha value is -2.50. The number of hydrogen-bond acceptors (Lipinski definition) is 4. The van der Waals surface area contributed by atoms with Gasteiger partial charge in [0, 0.05) is 12.2 Å². The molecule has 0 radical (unpaired) electrons. The monoisotopic (exact) mass is 374 g/mol. The minimum Gasteiger partial charge on any atom is -0.294 e. The first kappa shape index (κ1) is 16.7. The van der Waals surface area contributed by atoms with E-state index in [0.29, 0.717) is 0 Å². The average molecular weight is 375 g/mol. The fraction of sp³-hybridized carbons (Fsp3) is 0.273. The van der Waals surface area contributed by atoms with E-state index in [1.165, 1.54) is 28.1 Å². The summed E-state index contributed by atoms with van der Waals surface area (Å²) in [6, 6.07) is 18.9. The molecule has 0 fully saturated rings. The molecule has 2 aromatic heterocycles. The normalized spacial score (nSPS) is 13.6. The summed E-state index contributed by atoms with van der Waals surface area (Å²) in [5.41, 5.74) is 6.32. The molecule has 1 aliphatic rings. The Labute approximate surface area is 163 Å². The van der Waals surface area contributed by atoms with Crippen LogP contribution in [0.5, 0.6) is 0 Å². The van der Waals surface area contributed by atoms with Crippen molar-refractivity contribution in [2.24, 2.45) is 0 Å². The molecule has 27 heavy (non-hydrogen) atoms. The Bertz CT molecular complexity index is 1050. The van der Waals surface area contributed by atoms with Crippen LogP contribution in [0.3, 0.4) is 0 Å². The predicted molar refractivity (Wildman–Crippen MR) is 110 cm³/mol. The van der Waals surface area contributed by atoms with Gasteiger partial charge in [-0.05, 0) is 56.1 Å². The second kappa shape index (κ2) is 6.91. The molecular weight excluding hydrogens is 352 g/mol. The van der Waals surface area contributed by atoms with E-state index in [2.05, 4.69) is 71.2 Å². The van der Waals surface area contributed by atoms with Crippen LogP contribution in [-0.2, 0) is 25.9 Å². The molecule has 0 spiro atoms. The Balaban J connectivity index is 1.39. The number of benzene rings is 2. The molecule has 5 heteroatoms. The van der Waals surface area contributed by atoms with Crippen molar-refractivity contribution in [3.05, 3.63) is 76.6 Å². The standard InChI is InChI=1S/C22H22N4S/c1-25(15-22-23-18-11-5-6-13-21(18)27-22)14-19-17-10-7-12-20(17)26(24-19)16-8-3-2-4-9-16/h2-6,8-9,11,13H,7,10,12,14-15H2,1H3. The summed E-state index contributed by atoms with van der Waals surface area (Å²) < 4.78 is 3.42. The topological polar surface area (TPSA) is 34.0 Å². The summed E-state index contributed by atoms with van der Waals surface area (Å²) in [6.07, 6.45) is 3.50. The Morgan fingerprint density at radius 3 is 2.67 bits per heavy atom. The number of aromatic nitrogens is 3. The number of para-hydroxylation sites is 2. The number of nitrogens with zero attached hydrogens (tertiary/aromatic N) is 4. The van der Waals surface area contributed by atoms with E-state index < -0.39 is 0 Å². The van der Waals surface area contributed by atoms with Crippen LogP contribution in [0.4, 0.5) is 0 Å². The number of rotatable bonds is 5. The highest BCUT2D eigenvalue weighted by atomic mass is 32.1. The maximum Gasteiger partial charge on any atom is 0.108 e. The van der Waals surface area contributed by atoms with Gasteiger partial charge in [-0.15, -0.1) is 11.3 Å². The lowest BCUT2D eigenvalue weighted by molar-refractivity contribution is 0.313. The lowest BCUT2D eigenvalue weighted by Crippen LogP contribution is -2.18. The van der Waals surface area contributed by atoms with Crippen LogP contribution in [0.15, 0.2) is 54.6 Å². The van der Waals surface area contributed by atoms with Gasteiger partial charge in [-0.3, -0.25) is 4.90 Å². The summed E-state index contributed by atoms with van der Waals surface area (Å²) in [7, 11) is 2.16. The zero-order valence-corrected chi connectivity index (χ0v) is 16.2. The van der Waals surface area contributed by atoms with Crippen molar-refractivity contribution >= 4 is 21.6 Å². The highest BCUT2D eigenvalue weighted by Gasteiger charge is 2.23. The highest BCUT2D eigenvalue weighted by Crippen LogP contribution is 2.29. The van der Waals surface area contributed by atoms with E-state index in [-0.39, 0.29) is 0 Å². The zero-order valence-electron chi connectivity index (χ0n) is 15.4. The molecule has 1 aliphatic carbocycles. The molecule has 0 atom stereocenters. The predicted octanol–water partition coefficient (Wildman–Crippen LogP) is 4.60. The van der Waals surface area contributed by atoms with Gasteiger partial charge < -0.3 is 0 Å². The van der Waals surface area contributed by atoms with Crippen molar-refractivity contribution in [1.29, 1.82) is 0 Å². The molecule has 0 saturated heterocycles. The number of hydrogen-bond donors (Lipinski definition) is 0. The molecule has 0 aliphatic heterocycles. The van der Waals surface area contributed by atoms with Crippen molar-refractivity contribution in [3.63, 3.8) is 0 Å². The summed E-state index contributed by atoms with van der Waals surface area (Å²) in [5, 5.41) is 6.15. The minimum absolute atomic E-state index is 0.853. The van der Waals surface area contributed by atoms with E-state index in [4.69, 9.17) is 10.1 Å². The van der Waals surface area contributed by atoms with Crippen LogP contribution < -0.4 is 0 Å². The fourth-order valence-corrected chi connectivity index (χ4v) is 5.00. The summed E-state index contributed by atoms with van der Waals surface area (Å²) >= 11 is 1.79. The van der Waals surface area contributed by atoms with Gasteiger partial charge in [0.2, 0.25) is 0 Å². The maximum atomic E-state index is 4.98. The third-order valence-corrected chi connectivity index (χ3v) is 6.20.